The number of nitrogens with one attached hydrogen (secondary N) is 2. The third kappa shape index (κ3) is 10.6. The highest BCUT2D eigenvalue weighted by Gasteiger charge is 1.97. The molecule has 0 radical (unpaired) electrons. The van der Waals surface area contributed by atoms with Crippen LogP contribution in [-0.2, 0) is 4.79 Å². The quantitative estimate of drug-likeness (QED) is 0.637. The van der Waals surface area contributed by atoms with Gasteiger partial charge in [0, 0.05) is 32.3 Å². The van der Waals surface area contributed by atoms with Crippen LogP contribution >= 0.6 is 24.8 Å². The predicted octanol–water partition coefficient (Wildman–Crippen LogP) is 1.58. The van der Waals surface area contributed by atoms with Crippen molar-refractivity contribution in [3.05, 3.63) is 24.4 Å². The number of hydrogen-bond acceptors (Lipinski definition) is 4. The van der Waals surface area contributed by atoms with Crippen molar-refractivity contribution in [1.82, 2.24) is 10.3 Å². The molecule has 4 N–H and O–H groups in total. The van der Waals surface area contributed by atoms with Gasteiger partial charge >= 0.3 is 0 Å². The van der Waals surface area contributed by atoms with E-state index in [0.29, 0.717) is 19.5 Å². The summed E-state index contributed by atoms with van der Waals surface area (Å²) >= 11 is 0. The molecule has 0 aromatic carbocycles. The smallest absolute Gasteiger partial charge is 0.221 e. The summed E-state index contributed by atoms with van der Waals surface area (Å²) in [4.78, 5) is 15.2. The van der Waals surface area contributed by atoms with E-state index in [0.717, 1.165) is 25.2 Å². The molecule has 110 valence electrons. The Balaban J connectivity index is 0. The van der Waals surface area contributed by atoms with E-state index < -0.39 is 0 Å². The number of amides is 1. The molecule has 0 aliphatic rings. The van der Waals surface area contributed by atoms with Gasteiger partial charge in [-0.1, -0.05) is 6.07 Å². The van der Waals surface area contributed by atoms with E-state index in [1.807, 2.05) is 18.2 Å². The second kappa shape index (κ2) is 13.4. The number of unbranched alkanes of at least 4 members (excludes halogenated alkanes) is 1. The average molecular weight is 309 g/mol. The van der Waals surface area contributed by atoms with Crippen LogP contribution in [0.4, 0.5) is 5.82 Å². The van der Waals surface area contributed by atoms with Gasteiger partial charge in [-0.15, -0.1) is 24.8 Å². The molecule has 1 rings (SSSR count). The molecule has 7 heteroatoms. The Hall–Kier alpha value is -1.04. The lowest BCUT2D eigenvalue weighted by Crippen LogP contribution is -2.26. The molecule has 1 aromatic heterocycles. The fourth-order valence-electron chi connectivity index (χ4n) is 1.38. The second-order valence-electron chi connectivity index (χ2n) is 3.74. The molecule has 0 saturated carbocycles. The van der Waals surface area contributed by atoms with Crippen LogP contribution in [0.2, 0.25) is 0 Å². The minimum atomic E-state index is 0. The van der Waals surface area contributed by atoms with Crippen molar-refractivity contribution in [2.45, 2.75) is 19.3 Å². The molecule has 0 spiro atoms. The normalized spacial score (nSPS) is 8.89. The van der Waals surface area contributed by atoms with Crippen LogP contribution < -0.4 is 16.4 Å². The standard InChI is InChI=1S/C12H20N4O.2ClH/c13-7-6-12(17)16-10-4-3-9-15-11-5-1-2-8-14-11;;/h1-2,5,8H,3-4,6-7,9-10,13H2,(H,14,15)(H,16,17);2*1H. The summed E-state index contributed by atoms with van der Waals surface area (Å²) in [6.07, 6.45) is 4.12. The van der Waals surface area contributed by atoms with Crippen LogP contribution in [0.25, 0.3) is 0 Å². The lowest BCUT2D eigenvalue weighted by molar-refractivity contribution is -0.120. The van der Waals surface area contributed by atoms with Crippen molar-refractivity contribution in [3.8, 4) is 0 Å². The molecular weight excluding hydrogens is 287 g/mol. The fourth-order valence-corrected chi connectivity index (χ4v) is 1.38. The van der Waals surface area contributed by atoms with Crippen molar-refractivity contribution in [2.75, 3.05) is 25.0 Å². The van der Waals surface area contributed by atoms with Gasteiger partial charge in [0.1, 0.15) is 5.82 Å². The van der Waals surface area contributed by atoms with Gasteiger partial charge in [0.2, 0.25) is 5.91 Å². The molecule has 1 aromatic rings. The maximum Gasteiger partial charge on any atom is 0.221 e. The summed E-state index contributed by atoms with van der Waals surface area (Å²) in [6.45, 7) is 1.99. The average Bonchev–Trinajstić information content (AvgIpc) is 2.35. The third-order valence-electron chi connectivity index (χ3n) is 2.27. The predicted molar refractivity (Wildman–Crippen MR) is 83.1 cm³/mol. The lowest BCUT2D eigenvalue weighted by Gasteiger charge is -2.06. The minimum Gasteiger partial charge on any atom is -0.370 e. The first-order chi connectivity index (χ1) is 8.33. The first-order valence-electron chi connectivity index (χ1n) is 5.94. The van der Waals surface area contributed by atoms with E-state index >= 15 is 0 Å². The van der Waals surface area contributed by atoms with Crippen molar-refractivity contribution in [2.24, 2.45) is 5.73 Å². The van der Waals surface area contributed by atoms with Crippen LogP contribution in [0, 0.1) is 0 Å². The van der Waals surface area contributed by atoms with Gasteiger partial charge in [0.25, 0.3) is 0 Å². The molecule has 0 aliphatic carbocycles. The number of hydrogen-bond donors (Lipinski definition) is 3. The van der Waals surface area contributed by atoms with Crippen LogP contribution in [0.5, 0.6) is 0 Å². The monoisotopic (exact) mass is 308 g/mol. The van der Waals surface area contributed by atoms with Gasteiger partial charge in [0.05, 0.1) is 0 Å². The molecule has 0 unspecified atom stereocenters. The maximum absolute atomic E-state index is 11.1. The van der Waals surface area contributed by atoms with Gasteiger partial charge in [-0.3, -0.25) is 4.79 Å². The molecule has 0 saturated heterocycles. The van der Waals surface area contributed by atoms with Gasteiger partial charge in [0.15, 0.2) is 0 Å². The van der Waals surface area contributed by atoms with Gasteiger partial charge in [-0.2, -0.15) is 0 Å². The number of halogens is 2. The lowest BCUT2D eigenvalue weighted by atomic mass is 10.3. The summed E-state index contributed by atoms with van der Waals surface area (Å²) in [5.41, 5.74) is 5.27. The molecule has 0 bridgehead atoms. The SMILES string of the molecule is Cl.Cl.NCCC(=O)NCCCCNc1ccccn1. The van der Waals surface area contributed by atoms with Gasteiger partial charge in [-0.05, 0) is 25.0 Å². The highest BCUT2D eigenvalue weighted by atomic mass is 35.5. The molecule has 5 nitrogen and oxygen atoms in total. The van der Waals surface area contributed by atoms with Gasteiger partial charge in [-0.25, -0.2) is 4.98 Å². The zero-order valence-electron chi connectivity index (χ0n) is 10.8. The Morgan fingerprint density at radius 2 is 1.95 bits per heavy atom. The highest BCUT2D eigenvalue weighted by molar-refractivity contribution is 5.85. The molecule has 19 heavy (non-hydrogen) atoms. The summed E-state index contributed by atoms with van der Waals surface area (Å²) in [5, 5.41) is 6.03. The van der Waals surface area contributed by atoms with E-state index in [2.05, 4.69) is 15.6 Å². The Morgan fingerprint density at radius 3 is 2.58 bits per heavy atom. The molecule has 1 amide bonds. The van der Waals surface area contributed by atoms with E-state index in [9.17, 15) is 4.79 Å². The number of nitrogens with two attached hydrogens (primary N) is 1. The first kappa shape index (κ1) is 20.3. The Bertz CT molecular complexity index is 325. The van der Waals surface area contributed by atoms with Crippen molar-refractivity contribution in [3.63, 3.8) is 0 Å². The molecule has 0 aliphatic heterocycles. The second-order valence-corrected chi connectivity index (χ2v) is 3.74. The van der Waals surface area contributed by atoms with Crippen molar-refractivity contribution < 1.29 is 4.79 Å². The van der Waals surface area contributed by atoms with Gasteiger partial charge < -0.3 is 16.4 Å². The number of aromatic nitrogens is 1. The van der Waals surface area contributed by atoms with Crippen LogP contribution in [0.3, 0.4) is 0 Å². The van der Waals surface area contributed by atoms with Crippen molar-refractivity contribution >= 4 is 36.5 Å². The number of rotatable bonds is 8. The Labute approximate surface area is 126 Å². The van der Waals surface area contributed by atoms with Crippen molar-refractivity contribution in [1.29, 1.82) is 0 Å². The third-order valence-corrected chi connectivity index (χ3v) is 2.27. The highest BCUT2D eigenvalue weighted by Crippen LogP contribution is 1.99. The zero-order valence-corrected chi connectivity index (χ0v) is 12.4. The summed E-state index contributed by atoms with van der Waals surface area (Å²) in [7, 11) is 0. The number of pyridine rings is 1. The largest absolute Gasteiger partial charge is 0.370 e. The maximum atomic E-state index is 11.1. The fraction of sp³-hybridized carbons (Fsp3) is 0.500. The van der Waals surface area contributed by atoms with E-state index in [1.54, 1.807) is 6.20 Å². The summed E-state index contributed by atoms with van der Waals surface area (Å²) in [6, 6.07) is 5.77. The van der Waals surface area contributed by atoms with E-state index in [-0.39, 0.29) is 30.7 Å². The minimum absolute atomic E-state index is 0. The topological polar surface area (TPSA) is 80.0 Å². The molecule has 1 heterocycles. The number of nitrogens with zero attached hydrogens (tertiary/aromatic N) is 1. The summed E-state index contributed by atoms with van der Waals surface area (Å²) in [5.74, 6) is 0.921. The van der Waals surface area contributed by atoms with Crippen LogP contribution in [0.1, 0.15) is 19.3 Å². The molecule has 0 atom stereocenters. The van der Waals surface area contributed by atoms with E-state index in [1.165, 1.54) is 0 Å². The first-order valence-corrected chi connectivity index (χ1v) is 5.94. The number of anilines is 1. The molecule has 0 fully saturated rings. The Morgan fingerprint density at radius 1 is 1.21 bits per heavy atom. The van der Waals surface area contributed by atoms with Crippen LogP contribution in [0.15, 0.2) is 24.4 Å². The number of carbonyl (C=O) groups excluding carboxylic acids is 1. The number of carbonyl (C=O) groups is 1. The summed E-state index contributed by atoms with van der Waals surface area (Å²) < 4.78 is 0. The van der Waals surface area contributed by atoms with Crippen LogP contribution in [-0.4, -0.2) is 30.5 Å². The Kier molecular flexibility index (Phi) is 14.3. The zero-order chi connectivity index (χ0) is 12.3. The van der Waals surface area contributed by atoms with E-state index in [4.69, 9.17) is 5.73 Å². The molecular formula is C12H22Cl2N4O.